The number of halogens is 1. The average molecular weight is 419 g/mol. The topological polar surface area (TPSA) is 58.6 Å². The number of carbonyl (C=O) groups excluding carboxylic acids is 2. The minimum Gasteiger partial charge on any atom is -0.492 e. The summed E-state index contributed by atoms with van der Waals surface area (Å²) in [7, 11) is 3.46. The molecule has 0 fully saturated rings. The first kappa shape index (κ1) is 20.0. The van der Waals surface area contributed by atoms with Gasteiger partial charge in [-0.1, -0.05) is 19.1 Å². The van der Waals surface area contributed by atoms with Gasteiger partial charge in [0.2, 0.25) is 5.91 Å². The lowest BCUT2D eigenvalue weighted by Crippen LogP contribution is -2.23. The van der Waals surface area contributed by atoms with Gasteiger partial charge in [0.15, 0.2) is 0 Å². The smallest absolute Gasteiger partial charge is 0.255 e. The Morgan fingerprint density at radius 2 is 1.81 bits per heavy atom. The van der Waals surface area contributed by atoms with Crippen molar-refractivity contribution in [2.45, 2.75) is 19.8 Å². The number of carbonyl (C=O) groups is 2. The Balaban J connectivity index is 2.01. The van der Waals surface area contributed by atoms with Crippen LogP contribution in [0.25, 0.3) is 0 Å². The third kappa shape index (κ3) is 5.59. The zero-order valence-electron chi connectivity index (χ0n) is 15.2. The molecule has 0 atom stereocenters. The summed E-state index contributed by atoms with van der Waals surface area (Å²) < 4.78 is 6.34. The van der Waals surface area contributed by atoms with E-state index in [1.807, 2.05) is 19.1 Å². The van der Waals surface area contributed by atoms with Crippen LogP contribution in [0, 0.1) is 0 Å². The van der Waals surface area contributed by atoms with Crippen LogP contribution in [0.2, 0.25) is 0 Å². The third-order valence-electron chi connectivity index (χ3n) is 3.72. The molecular formula is C20H23BrN2O3. The van der Waals surface area contributed by atoms with Gasteiger partial charge in [-0.15, -0.1) is 0 Å². The van der Waals surface area contributed by atoms with Crippen molar-refractivity contribution in [2.24, 2.45) is 0 Å². The molecule has 6 heteroatoms. The molecule has 0 saturated carbocycles. The Labute approximate surface area is 162 Å². The van der Waals surface area contributed by atoms with E-state index in [0.717, 1.165) is 22.2 Å². The highest BCUT2D eigenvalue weighted by atomic mass is 79.9. The minimum atomic E-state index is -0.204. The van der Waals surface area contributed by atoms with Gasteiger partial charge in [0, 0.05) is 25.3 Å². The highest BCUT2D eigenvalue weighted by molar-refractivity contribution is 9.10. The summed E-state index contributed by atoms with van der Waals surface area (Å²) in [6.45, 7) is 2.67. The number of likely N-dealkylation sites (N-methyl/N-ethyl adjacent to an activating group) is 1. The zero-order chi connectivity index (χ0) is 19.1. The normalized spacial score (nSPS) is 10.3. The van der Waals surface area contributed by atoms with E-state index < -0.39 is 0 Å². The summed E-state index contributed by atoms with van der Waals surface area (Å²) in [6, 6.07) is 12.5. The number of ether oxygens (including phenoxy) is 1. The standard InChI is InChI=1S/C20H23BrN2O3/c1-4-11-26-18-10-7-15(13-17(18)21)20(25)22-16-8-5-14(6-9-16)12-19(24)23(2)3/h5-10,13H,4,11-12H2,1-3H3,(H,22,25). The Kier molecular flexibility index (Phi) is 7.21. The lowest BCUT2D eigenvalue weighted by Gasteiger charge is -2.11. The van der Waals surface area contributed by atoms with Crippen LogP contribution in [0.4, 0.5) is 5.69 Å². The molecule has 0 radical (unpaired) electrons. The summed E-state index contributed by atoms with van der Waals surface area (Å²) in [5.74, 6) is 0.556. The van der Waals surface area contributed by atoms with Crippen molar-refractivity contribution in [1.29, 1.82) is 0 Å². The van der Waals surface area contributed by atoms with Gasteiger partial charge in [0.1, 0.15) is 5.75 Å². The van der Waals surface area contributed by atoms with E-state index in [2.05, 4.69) is 21.2 Å². The second kappa shape index (κ2) is 9.38. The van der Waals surface area contributed by atoms with Gasteiger partial charge in [-0.3, -0.25) is 9.59 Å². The van der Waals surface area contributed by atoms with Crippen LogP contribution >= 0.6 is 15.9 Å². The second-order valence-electron chi connectivity index (χ2n) is 6.11. The maximum atomic E-state index is 12.4. The predicted molar refractivity (Wildman–Crippen MR) is 107 cm³/mol. The quantitative estimate of drug-likeness (QED) is 0.735. The number of nitrogens with zero attached hydrogens (tertiary/aromatic N) is 1. The number of hydrogen-bond donors (Lipinski definition) is 1. The SMILES string of the molecule is CCCOc1ccc(C(=O)Nc2ccc(CC(=O)N(C)C)cc2)cc1Br. The largest absolute Gasteiger partial charge is 0.492 e. The molecule has 0 aromatic heterocycles. The first-order chi connectivity index (χ1) is 12.4. The molecule has 0 bridgehead atoms. The van der Waals surface area contributed by atoms with Gasteiger partial charge >= 0.3 is 0 Å². The van der Waals surface area contributed by atoms with E-state index in [9.17, 15) is 9.59 Å². The third-order valence-corrected chi connectivity index (χ3v) is 4.34. The summed E-state index contributed by atoms with van der Waals surface area (Å²) in [6.07, 6.45) is 1.26. The van der Waals surface area contributed by atoms with Gasteiger partial charge in [-0.2, -0.15) is 0 Å². The second-order valence-corrected chi connectivity index (χ2v) is 6.96. The number of benzene rings is 2. The van der Waals surface area contributed by atoms with E-state index in [4.69, 9.17) is 4.74 Å². The molecule has 0 aliphatic carbocycles. The van der Waals surface area contributed by atoms with E-state index >= 15 is 0 Å². The fourth-order valence-corrected chi connectivity index (χ4v) is 2.71. The predicted octanol–water partition coefficient (Wildman–Crippen LogP) is 4.12. The van der Waals surface area contributed by atoms with Crippen LogP contribution in [-0.4, -0.2) is 37.4 Å². The van der Waals surface area contributed by atoms with Crippen LogP contribution < -0.4 is 10.1 Å². The van der Waals surface area contributed by atoms with Crippen LogP contribution in [0.3, 0.4) is 0 Å². The van der Waals surface area contributed by atoms with Crippen LogP contribution in [0.15, 0.2) is 46.9 Å². The van der Waals surface area contributed by atoms with Gasteiger partial charge < -0.3 is 15.0 Å². The molecule has 26 heavy (non-hydrogen) atoms. The van der Waals surface area contributed by atoms with Crippen LogP contribution in [-0.2, 0) is 11.2 Å². The monoisotopic (exact) mass is 418 g/mol. The van der Waals surface area contributed by atoms with Crippen molar-refractivity contribution in [3.8, 4) is 5.75 Å². The van der Waals surface area contributed by atoms with Gasteiger partial charge in [-0.05, 0) is 58.2 Å². The summed E-state index contributed by atoms with van der Waals surface area (Å²) in [5.41, 5.74) is 2.12. The van der Waals surface area contributed by atoms with Gasteiger partial charge in [0.25, 0.3) is 5.91 Å². The molecule has 0 unspecified atom stereocenters. The molecule has 0 heterocycles. The van der Waals surface area contributed by atoms with Crippen molar-refractivity contribution >= 4 is 33.4 Å². The fourth-order valence-electron chi connectivity index (χ4n) is 2.21. The Morgan fingerprint density at radius 1 is 1.12 bits per heavy atom. The highest BCUT2D eigenvalue weighted by Gasteiger charge is 2.10. The number of amides is 2. The Morgan fingerprint density at radius 3 is 2.38 bits per heavy atom. The van der Waals surface area contributed by atoms with Crippen molar-refractivity contribution in [3.05, 3.63) is 58.1 Å². The maximum absolute atomic E-state index is 12.4. The molecule has 2 aromatic carbocycles. The van der Waals surface area contributed by atoms with Gasteiger partial charge in [-0.25, -0.2) is 0 Å². The molecule has 0 aliphatic heterocycles. The molecule has 2 amide bonds. The number of nitrogens with one attached hydrogen (secondary N) is 1. The molecule has 0 aliphatic rings. The van der Waals surface area contributed by atoms with Crippen molar-refractivity contribution in [1.82, 2.24) is 4.90 Å². The molecule has 138 valence electrons. The van der Waals surface area contributed by atoms with E-state index in [1.54, 1.807) is 49.3 Å². The molecule has 2 rings (SSSR count). The molecule has 1 N–H and O–H groups in total. The molecule has 2 aromatic rings. The van der Waals surface area contributed by atoms with E-state index in [0.29, 0.717) is 24.3 Å². The highest BCUT2D eigenvalue weighted by Crippen LogP contribution is 2.26. The number of rotatable bonds is 7. The lowest BCUT2D eigenvalue weighted by molar-refractivity contribution is -0.127. The molecular weight excluding hydrogens is 396 g/mol. The molecule has 0 spiro atoms. The van der Waals surface area contributed by atoms with Crippen molar-refractivity contribution in [3.63, 3.8) is 0 Å². The van der Waals surface area contributed by atoms with E-state index in [1.165, 1.54) is 0 Å². The van der Waals surface area contributed by atoms with Crippen molar-refractivity contribution in [2.75, 3.05) is 26.0 Å². The van der Waals surface area contributed by atoms with E-state index in [-0.39, 0.29) is 11.8 Å². The molecule has 0 saturated heterocycles. The summed E-state index contributed by atoms with van der Waals surface area (Å²) >= 11 is 3.43. The van der Waals surface area contributed by atoms with Crippen LogP contribution in [0.1, 0.15) is 29.3 Å². The first-order valence-corrected chi connectivity index (χ1v) is 9.22. The summed E-state index contributed by atoms with van der Waals surface area (Å²) in [4.78, 5) is 25.7. The summed E-state index contributed by atoms with van der Waals surface area (Å²) in [5, 5.41) is 2.86. The Hall–Kier alpha value is -2.34. The Bertz CT molecular complexity index is 773. The number of hydrogen-bond acceptors (Lipinski definition) is 3. The zero-order valence-corrected chi connectivity index (χ0v) is 16.8. The number of anilines is 1. The minimum absolute atomic E-state index is 0.0389. The van der Waals surface area contributed by atoms with Crippen LogP contribution in [0.5, 0.6) is 5.75 Å². The van der Waals surface area contributed by atoms with Gasteiger partial charge in [0.05, 0.1) is 17.5 Å². The average Bonchev–Trinajstić information content (AvgIpc) is 2.62. The van der Waals surface area contributed by atoms with Crippen molar-refractivity contribution < 1.29 is 14.3 Å². The molecule has 5 nitrogen and oxygen atoms in total. The maximum Gasteiger partial charge on any atom is 0.255 e. The fraction of sp³-hybridized carbons (Fsp3) is 0.300. The first-order valence-electron chi connectivity index (χ1n) is 8.43. The lowest BCUT2D eigenvalue weighted by atomic mass is 10.1.